The summed E-state index contributed by atoms with van der Waals surface area (Å²) in [5.41, 5.74) is 11.5. The van der Waals surface area contributed by atoms with E-state index in [1.807, 2.05) is 95.3 Å². The van der Waals surface area contributed by atoms with Gasteiger partial charge in [-0.1, -0.05) is 69.3 Å². The number of carbonyl (C=O) groups excluding carboxylic acids is 5. The molecule has 0 radical (unpaired) electrons. The fraction of sp³-hybridized carbons (Fsp3) is 0.581. The predicted molar refractivity (Wildman–Crippen MR) is 380 cm³/mol. The Bertz CT molecular complexity index is 3420. The van der Waals surface area contributed by atoms with Gasteiger partial charge in [0.25, 0.3) is 11.5 Å². The van der Waals surface area contributed by atoms with E-state index in [-0.39, 0.29) is 87.3 Å². The molecule has 3 fully saturated rings. The number of benzene rings is 3. The average Bonchev–Trinajstić information content (AvgIpc) is 1.40. The lowest BCUT2D eigenvalue weighted by molar-refractivity contribution is -0.144. The average molecular weight is 1390 g/mol. The number of H-pyrrole nitrogens is 1. The zero-order valence-electron chi connectivity index (χ0n) is 59.3. The summed E-state index contributed by atoms with van der Waals surface area (Å²) in [5, 5.41) is 19.4. The zero-order chi connectivity index (χ0) is 70.7. The molecule has 3 aliphatic rings. The first-order valence-corrected chi connectivity index (χ1v) is 35.8. The van der Waals surface area contributed by atoms with Gasteiger partial charge in [0.2, 0.25) is 23.6 Å². The Morgan fingerprint density at radius 3 is 1.83 bits per heavy atom. The number of hydrogen-bond donors (Lipinski definition) is 5. The minimum absolute atomic E-state index is 0.0125. The molecule has 542 valence electrons. The second-order valence-corrected chi connectivity index (χ2v) is 27.4. The number of amides is 5. The summed E-state index contributed by atoms with van der Waals surface area (Å²) >= 11 is 1.57. The maximum Gasteiger partial charge on any atom is 0.253 e. The number of carbonyl (C=O) groups is 5. The molecule has 5 amide bonds. The van der Waals surface area contributed by atoms with Gasteiger partial charge >= 0.3 is 0 Å². The van der Waals surface area contributed by atoms with Crippen LogP contribution in [0.15, 0.2) is 77.0 Å². The zero-order valence-corrected chi connectivity index (χ0v) is 60.1. The summed E-state index contributed by atoms with van der Waals surface area (Å²) in [7, 11) is 0. The highest BCUT2D eigenvalue weighted by Gasteiger charge is 2.44. The third-order valence-electron chi connectivity index (χ3n) is 18.1. The molecular weight excluding hydrogens is 1290 g/mol. The van der Waals surface area contributed by atoms with Crippen LogP contribution in [0.1, 0.15) is 109 Å². The highest BCUT2D eigenvalue weighted by molar-refractivity contribution is 7.13. The number of hydrogen-bond acceptors (Lipinski definition) is 19. The van der Waals surface area contributed by atoms with Crippen LogP contribution in [0.2, 0.25) is 0 Å². The van der Waals surface area contributed by atoms with Crippen LogP contribution in [-0.2, 0) is 76.7 Å². The van der Waals surface area contributed by atoms with E-state index in [0.717, 1.165) is 101 Å². The number of ether oxygens (including phenoxy) is 8. The summed E-state index contributed by atoms with van der Waals surface area (Å²) in [5.74, 6) is -1.35. The van der Waals surface area contributed by atoms with Crippen molar-refractivity contribution in [2.45, 2.75) is 131 Å². The van der Waals surface area contributed by atoms with Crippen molar-refractivity contribution in [2.75, 3.05) is 150 Å². The van der Waals surface area contributed by atoms with Crippen LogP contribution in [0.3, 0.4) is 0 Å². The second-order valence-electron chi connectivity index (χ2n) is 26.5. The van der Waals surface area contributed by atoms with Crippen LogP contribution >= 0.6 is 11.3 Å². The number of aliphatic hydroxyl groups excluding tert-OH is 1. The topological polar surface area (TPSA) is 274 Å². The van der Waals surface area contributed by atoms with E-state index in [1.165, 1.54) is 10.5 Å². The number of nitrogens with zero attached hydrogens (tertiary/aromatic N) is 5. The van der Waals surface area contributed by atoms with Gasteiger partial charge in [0.15, 0.2) is 0 Å². The van der Waals surface area contributed by atoms with Crippen molar-refractivity contribution in [1.29, 1.82) is 0 Å². The SMILES string of the molecule is CCN(c1cc(-c2ccc(CN3CCOCC3)cc2)cc(C(=O)NCc2c(C)cc(C)[nH]c2=O)c1C)C1CCN(C(=O)CCOCCOCCOCCOCCOCCOCCOCCC(=O)N[C@@H](C(=O)N2C[C@H](O)C[C@H]2C(=O)NCc2ccc(-c3scnc3C)cc2)C(C)(C)C)CC1. The van der Waals surface area contributed by atoms with Crippen molar-refractivity contribution in [3.8, 4) is 21.6 Å². The van der Waals surface area contributed by atoms with Gasteiger partial charge in [-0.25, -0.2) is 4.98 Å². The van der Waals surface area contributed by atoms with E-state index in [1.54, 1.807) is 11.3 Å². The van der Waals surface area contributed by atoms with Crippen molar-refractivity contribution in [1.82, 2.24) is 40.6 Å². The van der Waals surface area contributed by atoms with Crippen molar-refractivity contribution < 1.29 is 67.0 Å². The Morgan fingerprint density at radius 2 is 1.27 bits per heavy atom. The minimum Gasteiger partial charge on any atom is -0.391 e. The molecular formula is C74H105N9O15S. The first-order valence-electron chi connectivity index (χ1n) is 34.9. The molecule has 3 saturated heterocycles. The number of piperidine rings is 1. The fourth-order valence-corrected chi connectivity index (χ4v) is 13.4. The second kappa shape index (κ2) is 39.8. The molecule has 5 heterocycles. The Hall–Kier alpha value is -7.01. The van der Waals surface area contributed by atoms with E-state index < -0.39 is 29.5 Å². The number of thiazole rings is 1. The molecule has 3 aliphatic heterocycles. The normalized spacial score (nSPS) is 16.5. The molecule has 0 aliphatic carbocycles. The molecule has 3 atom stereocenters. The Kier molecular flexibility index (Phi) is 31.3. The van der Waals surface area contributed by atoms with Gasteiger partial charge in [-0.2, -0.15) is 0 Å². The Balaban J connectivity index is 0.622. The number of anilines is 1. The van der Waals surface area contributed by atoms with E-state index >= 15 is 0 Å². The summed E-state index contributed by atoms with van der Waals surface area (Å²) in [4.78, 5) is 97.3. The highest BCUT2D eigenvalue weighted by Crippen LogP contribution is 2.35. The smallest absolute Gasteiger partial charge is 0.253 e. The molecule has 8 rings (SSSR count). The number of aryl methyl sites for hydroxylation is 3. The number of likely N-dealkylation sites (tertiary alicyclic amines) is 2. The third kappa shape index (κ3) is 24.1. The van der Waals surface area contributed by atoms with Gasteiger partial charge in [-0.05, 0) is 110 Å². The summed E-state index contributed by atoms with van der Waals surface area (Å²) in [6.45, 7) is 26.7. The quantitative estimate of drug-likeness (QED) is 0.0257. The minimum atomic E-state index is -0.939. The first kappa shape index (κ1) is 77.7. The van der Waals surface area contributed by atoms with Crippen molar-refractivity contribution in [3.05, 3.63) is 127 Å². The van der Waals surface area contributed by atoms with Gasteiger partial charge < -0.3 is 78.6 Å². The summed E-state index contributed by atoms with van der Waals surface area (Å²) < 4.78 is 45.0. The van der Waals surface area contributed by atoms with Crippen LogP contribution in [0.4, 0.5) is 5.69 Å². The molecule has 25 heteroatoms. The van der Waals surface area contributed by atoms with E-state index in [4.69, 9.17) is 37.9 Å². The van der Waals surface area contributed by atoms with Crippen molar-refractivity contribution >= 4 is 46.6 Å². The van der Waals surface area contributed by atoms with E-state index in [2.05, 4.69) is 73.0 Å². The standard InChI is InChI=1S/C74H105N9O15S/c1-9-82(64-44-59(57-14-12-56(13-15-57)48-80-24-28-93-29-25-80)43-62(53(64)4)70(87)76-47-63-51(2)42-52(3)78-71(63)88)60-18-22-81(23-19-60)67(86)21-27-92-31-33-95-35-37-97-39-41-98-40-38-96-36-34-94-32-30-91-26-20-66(85)79-69(74(6,7)8)73(90)83-49-61(84)45-65(83)72(89)75-46-55-10-16-58(17-11-55)68-54(5)77-50-99-68/h10-17,42-44,50,60-61,65,69,84H,9,18-41,45-49H2,1-8H3,(H,75,89)(H,76,87)(H,78,88)(H,79,85)/t61-,65+,69+/m1/s1. The Morgan fingerprint density at radius 1 is 0.707 bits per heavy atom. The monoisotopic (exact) mass is 1390 g/mol. The van der Waals surface area contributed by atoms with Crippen molar-refractivity contribution in [3.63, 3.8) is 0 Å². The largest absolute Gasteiger partial charge is 0.391 e. The van der Waals surface area contributed by atoms with Gasteiger partial charge in [0, 0.05) is 100 Å². The van der Waals surface area contributed by atoms with Crippen LogP contribution in [0.25, 0.3) is 21.6 Å². The molecule has 24 nitrogen and oxygen atoms in total. The lowest BCUT2D eigenvalue weighted by Gasteiger charge is -2.40. The molecule has 2 aromatic heterocycles. The Labute approximate surface area is 587 Å². The number of pyridine rings is 1. The molecule has 0 saturated carbocycles. The van der Waals surface area contributed by atoms with Crippen LogP contribution in [-0.4, -0.2) is 229 Å². The summed E-state index contributed by atoms with van der Waals surface area (Å²) in [6.07, 6.45) is 1.09. The van der Waals surface area contributed by atoms with Crippen LogP contribution in [0, 0.1) is 33.1 Å². The number of morpholine rings is 1. The van der Waals surface area contributed by atoms with Gasteiger partial charge in [-0.3, -0.25) is 33.7 Å². The van der Waals surface area contributed by atoms with Gasteiger partial charge in [0.1, 0.15) is 12.1 Å². The predicted octanol–water partition coefficient (Wildman–Crippen LogP) is 6.68. The summed E-state index contributed by atoms with van der Waals surface area (Å²) in [6, 6.07) is 20.8. The molecule has 3 aromatic carbocycles. The molecule has 5 aromatic rings. The number of β-amino-alcohol motifs (C(OH)–C–C–N with tert-alkyl or cyclic N) is 1. The number of aromatic nitrogens is 2. The molecule has 0 bridgehead atoms. The lowest BCUT2D eigenvalue weighted by atomic mass is 9.85. The van der Waals surface area contributed by atoms with E-state index in [0.29, 0.717) is 110 Å². The van der Waals surface area contributed by atoms with Crippen LogP contribution in [0.5, 0.6) is 0 Å². The maximum absolute atomic E-state index is 14.2. The lowest BCUT2D eigenvalue weighted by Crippen LogP contribution is -2.57. The molecule has 5 N–H and O–H groups in total. The number of aromatic amines is 1. The number of rotatable bonds is 39. The maximum atomic E-state index is 14.2. The fourth-order valence-electron chi connectivity index (χ4n) is 12.6. The molecule has 99 heavy (non-hydrogen) atoms. The number of nitrogens with one attached hydrogen (secondary N) is 4. The van der Waals surface area contributed by atoms with Gasteiger partial charge in [0.05, 0.1) is 134 Å². The highest BCUT2D eigenvalue weighted by atomic mass is 32.1. The van der Waals surface area contributed by atoms with E-state index in [9.17, 15) is 33.9 Å². The van der Waals surface area contributed by atoms with Crippen LogP contribution < -0.4 is 26.4 Å². The van der Waals surface area contributed by atoms with Crippen molar-refractivity contribution in [2.24, 2.45) is 5.41 Å². The first-order chi connectivity index (χ1) is 47.8. The molecule has 0 spiro atoms. The number of aliphatic hydroxyl groups is 1. The third-order valence-corrected chi connectivity index (χ3v) is 19.1. The molecule has 0 unspecified atom stereocenters. The van der Waals surface area contributed by atoms with Gasteiger partial charge in [-0.15, -0.1) is 11.3 Å².